The number of nitrogens with zero attached hydrogens (tertiary/aromatic N) is 1. The van der Waals surface area contributed by atoms with Crippen LogP contribution in [0.25, 0.3) is 11.1 Å². The Morgan fingerprint density at radius 3 is 2.35 bits per heavy atom. The summed E-state index contributed by atoms with van der Waals surface area (Å²) in [5, 5.41) is 12.8. The SMILES string of the molecule is C/C(=N\O)c1ccccc1-c1ccc(Cl)cc1. The van der Waals surface area contributed by atoms with Gasteiger partial charge in [0.1, 0.15) is 0 Å². The maximum Gasteiger partial charge on any atom is 0.0843 e. The lowest BCUT2D eigenvalue weighted by Crippen LogP contribution is -1.97. The van der Waals surface area contributed by atoms with Gasteiger partial charge in [0.2, 0.25) is 0 Å². The van der Waals surface area contributed by atoms with Gasteiger partial charge in [-0.15, -0.1) is 0 Å². The molecule has 1 N–H and O–H groups in total. The summed E-state index contributed by atoms with van der Waals surface area (Å²) in [5.41, 5.74) is 3.58. The number of halogens is 1. The summed E-state index contributed by atoms with van der Waals surface area (Å²) in [6.07, 6.45) is 0. The molecule has 0 saturated carbocycles. The molecule has 0 amide bonds. The molecule has 0 aliphatic heterocycles. The Morgan fingerprint density at radius 1 is 1.06 bits per heavy atom. The van der Waals surface area contributed by atoms with E-state index in [4.69, 9.17) is 16.8 Å². The summed E-state index contributed by atoms with van der Waals surface area (Å²) >= 11 is 5.87. The third kappa shape index (κ3) is 2.48. The number of oxime groups is 1. The van der Waals surface area contributed by atoms with E-state index in [0.29, 0.717) is 10.7 Å². The minimum atomic E-state index is 0.593. The molecule has 3 heteroatoms. The van der Waals surface area contributed by atoms with Gasteiger partial charge in [-0.25, -0.2) is 0 Å². The van der Waals surface area contributed by atoms with E-state index < -0.39 is 0 Å². The Bertz CT molecular complexity index is 546. The standard InChI is InChI=1S/C14H12ClNO/c1-10(16-17)13-4-2-3-5-14(13)11-6-8-12(15)9-7-11/h2-9,17H,1H3/b16-10+. The summed E-state index contributed by atoms with van der Waals surface area (Å²) in [5.74, 6) is 0. The number of hydrogen-bond donors (Lipinski definition) is 1. The Kier molecular flexibility index (Phi) is 3.45. The van der Waals surface area contributed by atoms with Gasteiger partial charge in [0, 0.05) is 10.6 Å². The predicted molar refractivity (Wildman–Crippen MR) is 70.9 cm³/mol. The quantitative estimate of drug-likeness (QED) is 0.480. The number of rotatable bonds is 2. The van der Waals surface area contributed by atoms with Crippen LogP contribution in [0.15, 0.2) is 53.7 Å². The van der Waals surface area contributed by atoms with Crippen molar-refractivity contribution < 1.29 is 5.21 Å². The summed E-state index contributed by atoms with van der Waals surface area (Å²) in [6, 6.07) is 15.4. The highest BCUT2D eigenvalue weighted by Crippen LogP contribution is 2.25. The van der Waals surface area contributed by atoms with Crippen LogP contribution in [0.2, 0.25) is 5.02 Å². The average Bonchev–Trinajstić information content (AvgIpc) is 2.39. The molecule has 0 atom stereocenters. The molecule has 0 aliphatic carbocycles. The van der Waals surface area contributed by atoms with Gasteiger partial charge in [-0.1, -0.05) is 53.2 Å². The van der Waals surface area contributed by atoms with Crippen LogP contribution in [0.5, 0.6) is 0 Å². The molecule has 0 radical (unpaired) electrons. The molecule has 0 bridgehead atoms. The second kappa shape index (κ2) is 5.02. The molecule has 2 nitrogen and oxygen atoms in total. The first-order chi connectivity index (χ1) is 8.22. The van der Waals surface area contributed by atoms with Gasteiger partial charge in [0.05, 0.1) is 5.71 Å². The first-order valence-electron chi connectivity index (χ1n) is 5.26. The first kappa shape index (κ1) is 11.7. The van der Waals surface area contributed by atoms with Crippen LogP contribution in [-0.4, -0.2) is 10.9 Å². The topological polar surface area (TPSA) is 32.6 Å². The fourth-order valence-corrected chi connectivity index (χ4v) is 1.86. The summed E-state index contributed by atoms with van der Waals surface area (Å²) in [7, 11) is 0. The predicted octanol–water partition coefficient (Wildman–Crippen LogP) is 4.21. The minimum absolute atomic E-state index is 0.593. The van der Waals surface area contributed by atoms with Gasteiger partial charge in [-0.3, -0.25) is 0 Å². The fraction of sp³-hybridized carbons (Fsp3) is 0.0714. The van der Waals surface area contributed by atoms with Crippen molar-refractivity contribution in [2.24, 2.45) is 5.16 Å². The van der Waals surface area contributed by atoms with Crippen molar-refractivity contribution in [1.29, 1.82) is 0 Å². The van der Waals surface area contributed by atoms with Gasteiger partial charge in [-0.05, 0) is 30.2 Å². The zero-order valence-corrected chi connectivity index (χ0v) is 10.1. The monoisotopic (exact) mass is 245 g/mol. The van der Waals surface area contributed by atoms with Crippen molar-refractivity contribution in [3.63, 3.8) is 0 Å². The second-order valence-electron chi connectivity index (χ2n) is 3.74. The molecule has 2 rings (SSSR count). The molecule has 2 aromatic carbocycles. The molecule has 2 aromatic rings. The van der Waals surface area contributed by atoms with E-state index in [1.165, 1.54) is 0 Å². The van der Waals surface area contributed by atoms with Crippen LogP contribution in [0, 0.1) is 0 Å². The molecule has 0 saturated heterocycles. The Labute approximate surface area is 105 Å². The fourth-order valence-electron chi connectivity index (χ4n) is 1.73. The highest BCUT2D eigenvalue weighted by molar-refractivity contribution is 6.30. The van der Waals surface area contributed by atoms with Crippen molar-refractivity contribution in [3.05, 3.63) is 59.1 Å². The van der Waals surface area contributed by atoms with E-state index in [0.717, 1.165) is 16.7 Å². The van der Waals surface area contributed by atoms with Crippen LogP contribution in [0.3, 0.4) is 0 Å². The van der Waals surface area contributed by atoms with Crippen molar-refractivity contribution in [1.82, 2.24) is 0 Å². The van der Waals surface area contributed by atoms with Crippen LogP contribution in [-0.2, 0) is 0 Å². The molecule has 0 heterocycles. The Morgan fingerprint density at radius 2 is 1.71 bits per heavy atom. The molecule has 0 fully saturated rings. The smallest absolute Gasteiger partial charge is 0.0843 e. The zero-order chi connectivity index (χ0) is 12.3. The highest BCUT2D eigenvalue weighted by Gasteiger charge is 2.07. The normalized spacial score (nSPS) is 11.5. The van der Waals surface area contributed by atoms with E-state index >= 15 is 0 Å². The lowest BCUT2D eigenvalue weighted by molar-refractivity contribution is 0.319. The van der Waals surface area contributed by atoms with Crippen molar-refractivity contribution in [2.75, 3.05) is 0 Å². The van der Waals surface area contributed by atoms with E-state index in [1.807, 2.05) is 48.5 Å². The van der Waals surface area contributed by atoms with Crippen LogP contribution in [0.1, 0.15) is 12.5 Å². The first-order valence-corrected chi connectivity index (χ1v) is 5.64. The molecule has 0 unspecified atom stereocenters. The zero-order valence-electron chi connectivity index (χ0n) is 9.39. The van der Waals surface area contributed by atoms with Crippen LogP contribution >= 0.6 is 11.6 Å². The second-order valence-corrected chi connectivity index (χ2v) is 4.17. The van der Waals surface area contributed by atoms with Crippen molar-refractivity contribution >= 4 is 17.3 Å². The maximum atomic E-state index is 8.87. The van der Waals surface area contributed by atoms with E-state index in [2.05, 4.69) is 5.16 Å². The third-order valence-electron chi connectivity index (χ3n) is 2.62. The molecular formula is C14H12ClNO. The van der Waals surface area contributed by atoms with E-state index in [-0.39, 0.29) is 0 Å². The molecule has 86 valence electrons. The average molecular weight is 246 g/mol. The minimum Gasteiger partial charge on any atom is -0.411 e. The van der Waals surface area contributed by atoms with Crippen LogP contribution in [0.4, 0.5) is 0 Å². The van der Waals surface area contributed by atoms with E-state index in [9.17, 15) is 0 Å². The molecular weight excluding hydrogens is 234 g/mol. The largest absolute Gasteiger partial charge is 0.411 e. The van der Waals surface area contributed by atoms with Crippen molar-refractivity contribution in [3.8, 4) is 11.1 Å². The number of benzene rings is 2. The highest BCUT2D eigenvalue weighted by atomic mass is 35.5. The number of hydrogen-bond acceptors (Lipinski definition) is 2. The lowest BCUT2D eigenvalue weighted by Gasteiger charge is -2.08. The van der Waals surface area contributed by atoms with Gasteiger partial charge in [0.15, 0.2) is 0 Å². The molecule has 0 aliphatic rings. The van der Waals surface area contributed by atoms with E-state index in [1.54, 1.807) is 6.92 Å². The summed E-state index contributed by atoms with van der Waals surface area (Å²) in [4.78, 5) is 0. The summed E-state index contributed by atoms with van der Waals surface area (Å²) in [6.45, 7) is 1.77. The molecule has 17 heavy (non-hydrogen) atoms. The van der Waals surface area contributed by atoms with Crippen LogP contribution < -0.4 is 0 Å². The maximum absolute atomic E-state index is 8.87. The summed E-state index contributed by atoms with van der Waals surface area (Å²) < 4.78 is 0. The van der Waals surface area contributed by atoms with Gasteiger partial charge in [0.25, 0.3) is 0 Å². The molecule has 0 aromatic heterocycles. The van der Waals surface area contributed by atoms with Gasteiger partial charge in [-0.2, -0.15) is 0 Å². The lowest BCUT2D eigenvalue weighted by atomic mass is 9.97. The molecule has 0 spiro atoms. The Hall–Kier alpha value is -1.80. The van der Waals surface area contributed by atoms with Gasteiger partial charge < -0.3 is 5.21 Å². The van der Waals surface area contributed by atoms with Gasteiger partial charge >= 0.3 is 0 Å². The van der Waals surface area contributed by atoms with Crippen molar-refractivity contribution in [2.45, 2.75) is 6.92 Å². The Balaban J connectivity index is 2.55. The third-order valence-corrected chi connectivity index (χ3v) is 2.87.